The number of hydrogen-bond acceptors (Lipinski definition) is 4. The van der Waals surface area contributed by atoms with Gasteiger partial charge in [0.05, 0.1) is 5.92 Å². The van der Waals surface area contributed by atoms with Crippen molar-refractivity contribution in [2.24, 2.45) is 11.1 Å². The zero-order valence-electron chi connectivity index (χ0n) is 13.7. The summed E-state index contributed by atoms with van der Waals surface area (Å²) in [7, 11) is 0. The highest BCUT2D eigenvalue weighted by Crippen LogP contribution is 2.20. The Morgan fingerprint density at radius 1 is 1.22 bits per heavy atom. The molecule has 128 valence electrons. The molecule has 1 saturated carbocycles. The molecule has 1 saturated heterocycles. The largest absolute Gasteiger partial charge is 0.391 e. The van der Waals surface area contributed by atoms with Crippen molar-refractivity contribution < 1.29 is 14.4 Å². The summed E-state index contributed by atoms with van der Waals surface area (Å²) in [6.07, 6.45) is 6.84. The lowest BCUT2D eigenvalue weighted by molar-refractivity contribution is -0.124. The SMILES string of the molecule is C[C@H]1CC(NC(=O)[C@H]2CCCN(C(=O)NC3CCCC3)C2)=NO1. The Balaban J connectivity index is 1.49. The molecule has 2 fully saturated rings. The first-order chi connectivity index (χ1) is 11.1. The van der Waals surface area contributed by atoms with Gasteiger partial charge in [-0.25, -0.2) is 4.79 Å². The second-order valence-corrected chi connectivity index (χ2v) is 6.86. The van der Waals surface area contributed by atoms with Crippen LogP contribution in [0, 0.1) is 5.92 Å². The predicted octanol–water partition coefficient (Wildman–Crippen LogP) is 1.59. The quantitative estimate of drug-likeness (QED) is 0.810. The molecule has 0 bridgehead atoms. The molecule has 2 aliphatic heterocycles. The van der Waals surface area contributed by atoms with Gasteiger partial charge in [-0.3, -0.25) is 4.79 Å². The highest BCUT2D eigenvalue weighted by atomic mass is 16.6. The summed E-state index contributed by atoms with van der Waals surface area (Å²) < 4.78 is 0. The fourth-order valence-electron chi connectivity index (χ4n) is 3.53. The molecular weight excluding hydrogens is 296 g/mol. The topological polar surface area (TPSA) is 83.0 Å². The minimum Gasteiger partial charge on any atom is -0.391 e. The van der Waals surface area contributed by atoms with Crippen molar-refractivity contribution in [2.45, 2.75) is 64.0 Å². The molecule has 7 nitrogen and oxygen atoms in total. The number of likely N-dealkylation sites (tertiary alicyclic amines) is 1. The number of hydrogen-bond donors (Lipinski definition) is 2. The number of nitrogens with one attached hydrogen (secondary N) is 2. The van der Waals surface area contributed by atoms with Gasteiger partial charge in [0.2, 0.25) is 5.91 Å². The molecule has 7 heteroatoms. The summed E-state index contributed by atoms with van der Waals surface area (Å²) in [6, 6.07) is 0.285. The Morgan fingerprint density at radius 2 is 2.00 bits per heavy atom. The molecule has 3 aliphatic rings. The van der Waals surface area contributed by atoms with Crippen LogP contribution in [-0.4, -0.2) is 47.9 Å². The van der Waals surface area contributed by atoms with Crippen LogP contribution in [0.25, 0.3) is 0 Å². The third-order valence-corrected chi connectivity index (χ3v) is 4.85. The third-order valence-electron chi connectivity index (χ3n) is 4.85. The van der Waals surface area contributed by atoms with Crippen LogP contribution in [0.5, 0.6) is 0 Å². The van der Waals surface area contributed by atoms with Crippen LogP contribution >= 0.6 is 0 Å². The van der Waals surface area contributed by atoms with E-state index < -0.39 is 0 Å². The normalized spacial score (nSPS) is 28.2. The average Bonchev–Trinajstić information content (AvgIpc) is 3.19. The Morgan fingerprint density at radius 3 is 2.70 bits per heavy atom. The summed E-state index contributed by atoms with van der Waals surface area (Å²) in [5, 5.41) is 9.80. The van der Waals surface area contributed by atoms with Crippen LogP contribution in [0.2, 0.25) is 0 Å². The summed E-state index contributed by atoms with van der Waals surface area (Å²) in [5.74, 6) is 0.367. The van der Waals surface area contributed by atoms with E-state index in [1.54, 1.807) is 4.90 Å². The highest BCUT2D eigenvalue weighted by Gasteiger charge is 2.31. The standard InChI is InChI=1S/C16H26N4O3/c1-11-9-14(19-23-11)18-15(21)12-5-4-8-20(10-12)16(22)17-13-6-2-3-7-13/h11-13H,2-10H2,1H3,(H,17,22)(H,18,19,21)/t11-,12-/m0/s1. The van der Waals surface area contributed by atoms with Crippen molar-refractivity contribution in [3.8, 4) is 0 Å². The molecule has 0 aromatic carbocycles. The van der Waals surface area contributed by atoms with Gasteiger partial charge >= 0.3 is 6.03 Å². The zero-order valence-corrected chi connectivity index (χ0v) is 13.7. The van der Waals surface area contributed by atoms with E-state index in [2.05, 4.69) is 15.8 Å². The number of carbonyl (C=O) groups is 2. The first-order valence-corrected chi connectivity index (χ1v) is 8.71. The molecule has 0 spiro atoms. The first-order valence-electron chi connectivity index (χ1n) is 8.71. The lowest BCUT2D eigenvalue weighted by Gasteiger charge is -2.32. The lowest BCUT2D eigenvalue weighted by Crippen LogP contribution is -2.51. The Hall–Kier alpha value is -1.79. The van der Waals surface area contributed by atoms with Gasteiger partial charge in [0.15, 0.2) is 5.84 Å². The van der Waals surface area contributed by atoms with Crippen molar-refractivity contribution in [1.29, 1.82) is 0 Å². The van der Waals surface area contributed by atoms with Gasteiger partial charge < -0.3 is 20.4 Å². The first kappa shape index (κ1) is 16.1. The van der Waals surface area contributed by atoms with E-state index in [0.717, 1.165) is 32.2 Å². The molecule has 1 aliphatic carbocycles. The van der Waals surface area contributed by atoms with E-state index in [-0.39, 0.29) is 24.0 Å². The molecule has 2 atom stereocenters. The van der Waals surface area contributed by atoms with Crippen LogP contribution in [0.3, 0.4) is 0 Å². The zero-order chi connectivity index (χ0) is 16.2. The summed E-state index contributed by atoms with van der Waals surface area (Å²) in [6.45, 7) is 3.12. The van der Waals surface area contributed by atoms with Gasteiger partial charge in [0, 0.05) is 25.6 Å². The summed E-state index contributed by atoms with van der Waals surface area (Å²) >= 11 is 0. The molecule has 0 radical (unpaired) electrons. The van der Waals surface area contributed by atoms with Crippen LogP contribution in [0.15, 0.2) is 5.16 Å². The third kappa shape index (κ3) is 4.14. The van der Waals surface area contributed by atoms with Crippen molar-refractivity contribution in [2.75, 3.05) is 13.1 Å². The molecule has 0 aromatic rings. The van der Waals surface area contributed by atoms with Gasteiger partial charge in [0.1, 0.15) is 6.10 Å². The van der Waals surface area contributed by atoms with Crippen LogP contribution in [0.1, 0.15) is 51.9 Å². The van der Waals surface area contributed by atoms with Crippen molar-refractivity contribution >= 4 is 17.8 Å². The van der Waals surface area contributed by atoms with E-state index in [4.69, 9.17) is 4.84 Å². The Bertz CT molecular complexity index is 488. The van der Waals surface area contributed by atoms with Crippen molar-refractivity contribution in [3.63, 3.8) is 0 Å². The molecule has 23 heavy (non-hydrogen) atoms. The van der Waals surface area contributed by atoms with E-state index in [1.165, 1.54) is 12.8 Å². The second-order valence-electron chi connectivity index (χ2n) is 6.86. The second kappa shape index (κ2) is 7.19. The van der Waals surface area contributed by atoms with Gasteiger partial charge in [-0.1, -0.05) is 18.0 Å². The fourth-order valence-corrected chi connectivity index (χ4v) is 3.53. The number of carbonyl (C=O) groups excluding carboxylic acids is 2. The van der Waals surface area contributed by atoms with Gasteiger partial charge in [-0.05, 0) is 32.6 Å². The maximum absolute atomic E-state index is 12.4. The average molecular weight is 322 g/mol. The van der Waals surface area contributed by atoms with Crippen LogP contribution in [0.4, 0.5) is 4.79 Å². The Kier molecular flexibility index (Phi) is 5.03. The molecule has 2 heterocycles. The molecule has 0 aromatic heterocycles. The van der Waals surface area contributed by atoms with Crippen molar-refractivity contribution in [3.05, 3.63) is 0 Å². The van der Waals surface area contributed by atoms with E-state index >= 15 is 0 Å². The Labute approximate surface area is 136 Å². The van der Waals surface area contributed by atoms with E-state index in [9.17, 15) is 9.59 Å². The smallest absolute Gasteiger partial charge is 0.317 e. The molecular formula is C16H26N4O3. The van der Waals surface area contributed by atoms with Gasteiger partial charge in [0.25, 0.3) is 0 Å². The van der Waals surface area contributed by atoms with Gasteiger partial charge in [-0.15, -0.1) is 0 Å². The number of amides is 3. The number of urea groups is 1. The number of oxime groups is 1. The minimum absolute atomic E-state index is 0.0188. The number of nitrogens with zero attached hydrogens (tertiary/aromatic N) is 2. The van der Waals surface area contributed by atoms with E-state index in [1.807, 2.05) is 6.92 Å². The van der Waals surface area contributed by atoms with Gasteiger partial charge in [-0.2, -0.15) is 0 Å². The fraction of sp³-hybridized carbons (Fsp3) is 0.812. The molecule has 0 unspecified atom stereocenters. The van der Waals surface area contributed by atoms with Crippen molar-refractivity contribution in [1.82, 2.24) is 15.5 Å². The van der Waals surface area contributed by atoms with E-state index in [0.29, 0.717) is 24.8 Å². The molecule has 3 rings (SSSR count). The molecule has 3 amide bonds. The molecule has 2 N–H and O–H groups in total. The summed E-state index contributed by atoms with van der Waals surface area (Å²) in [4.78, 5) is 31.6. The monoisotopic (exact) mass is 322 g/mol. The number of piperidine rings is 1. The van der Waals surface area contributed by atoms with Crippen LogP contribution in [-0.2, 0) is 9.63 Å². The minimum atomic E-state index is -0.170. The van der Waals surface area contributed by atoms with Crippen LogP contribution < -0.4 is 10.6 Å². The summed E-state index contributed by atoms with van der Waals surface area (Å²) in [5.41, 5.74) is 0. The highest BCUT2D eigenvalue weighted by molar-refractivity contribution is 5.99. The lowest BCUT2D eigenvalue weighted by atomic mass is 9.97. The maximum Gasteiger partial charge on any atom is 0.317 e. The number of amidine groups is 1. The predicted molar refractivity (Wildman–Crippen MR) is 85.8 cm³/mol. The number of rotatable bonds is 2. The maximum atomic E-state index is 12.4.